The molecule has 3 N–H and O–H groups in total. The summed E-state index contributed by atoms with van der Waals surface area (Å²) in [5.41, 5.74) is 6.65. The number of halogens is 8. The number of alkyl halides is 6. The molecule has 0 unspecified atom stereocenters. The van der Waals surface area contributed by atoms with Gasteiger partial charge in [0.2, 0.25) is 5.91 Å². The van der Waals surface area contributed by atoms with Gasteiger partial charge in [-0.25, -0.2) is 4.79 Å². The molecule has 28 heteroatoms. The summed E-state index contributed by atoms with van der Waals surface area (Å²) < 4.78 is 84.2. The van der Waals surface area contributed by atoms with E-state index in [1.54, 1.807) is 126 Å². The predicted molar refractivity (Wildman–Crippen MR) is 395 cm³/mol. The van der Waals surface area contributed by atoms with Crippen molar-refractivity contribution in [2.45, 2.75) is 31.6 Å². The van der Waals surface area contributed by atoms with Crippen molar-refractivity contribution in [1.29, 1.82) is 15.8 Å². The SMILES string of the molecule is CN(C)c1ccc(-n2cc(/C=C(\C#N)C(=O)O)c3ccccc32)cc1.N#C/C(=C\c1cn(-c2ccc(NC(=O)Cc3ccc(Cl)c(C(F)(F)F)c3)cc2)c2ccccc12)C(=O)[O-].N#C/C(=C\c1cn(-c2ccc(NC(=O)c3ccc(CC(=O)Cc4ccc(Cl)c(C(F)(F)F)c4)cc3)cc2)c2ccccc12)C(=O)[O-].[Na+].[Na+]. The number of carboxylic acids is 3. The molecule has 540 valence electrons. The molecule has 0 fully saturated rings. The molecule has 0 spiro atoms. The Morgan fingerprint density at radius 2 is 0.818 bits per heavy atom. The van der Waals surface area contributed by atoms with Crippen LogP contribution in [-0.4, -0.2) is 68.4 Å². The van der Waals surface area contributed by atoms with Gasteiger partial charge in [0.05, 0.1) is 67.2 Å². The fourth-order valence-corrected chi connectivity index (χ4v) is 11.9. The fraction of sp³-hybridized carbons (Fsp3) is 0.0854. The first-order chi connectivity index (χ1) is 51.5. The summed E-state index contributed by atoms with van der Waals surface area (Å²) >= 11 is 11.3. The summed E-state index contributed by atoms with van der Waals surface area (Å²) in [5.74, 6) is -5.56. The van der Waals surface area contributed by atoms with Crippen LogP contribution >= 0.6 is 23.2 Å². The summed E-state index contributed by atoms with van der Waals surface area (Å²) in [6.45, 7) is 0. The number of carboxylic acid groups (broad SMARTS) is 3. The van der Waals surface area contributed by atoms with Gasteiger partial charge in [0.15, 0.2) is 0 Å². The summed E-state index contributed by atoms with van der Waals surface area (Å²) in [6, 6.07) is 61.9. The summed E-state index contributed by atoms with van der Waals surface area (Å²) in [7, 11) is 3.97. The molecule has 12 rings (SSSR count). The number of nitriles is 3. The summed E-state index contributed by atoms with van der Waals surface area (Å²) in [4.78, 5) is 73.4. The second-order valence-electron chi connectivity index (χ2n) is 24.2. The Hall–Kier alpha value is -11.7. The molecule has 0 aliphatic rings. The van der Waals surface area contributed by atoms with Crippen molar-refractivity contribution in [3.8, 4) is 35.3 Å². The third-order valence-corrected chi connectivity index (χ3v) is 17.4. The van der Waals surface area contributed by atoms with Crippen molar-refractivity contribution < 1.29 is 130 Å². The molecule has 12 aromatic rings. The second kappa shape index (κ2) is 36.9. The van der Waals surface area contributed by atoms with E-state index in [-0.39, 0.29) is 101 Å². The fourth-order valence-electron chi connectivity index (χ4n) is 11.5. The Balaban J connectivity index is 0.000000214. The van der Waals surface area contributed by atoms with Gasteiger partial charge in [0, 0.05) is 118 Å². The molecular weight excluding hydrogens is 1490 g/mol. The predicted octanol–water partition coefficient (Wildman–Crippen LogP) is 9.40. The average molecular weight is 1540 g/mol. The van der Waals surface area contributed by atoms with Crippen LogP contribution < -0.4 is 84.9 Å². The zero-order valence-electron chi connectivity index (χ0n) is 58.6. The molecule has 0 aliphatic carbocycles. The zero-order valence-corrected chi connectivity index (χ0v) is 64.1. The number of carbonyl (C=O) groups excluding carboxylic acids is 5. The van der Waals surface area contributed by atoms with Crippen LogP contribution in [0.3, 0.4) is 0 Å². The maximum Gasteiger partial charge on any atom is 1.00 e. The van der Waals surface area contributed by atoms with Crippen LogP contribution in [0.25, 0.3) is 68.0 Å². The van der Waals surface area contributed by atoms with Crippen LogP contribution in [0, 0.1) is 34.0 Å². The first-order valence-corrected chi connectivity index (χ1v) is 33.0. The monoisotopic (exact) mass is 1540 g/mol. The molecule has 0 saturated heterocycles. The molecule has 18 nitrogen and oxygen atoms in total. The van der Waals surface area contributed by atoms with Crippen molar-refractivity contribution in [2.75, 3.05) is 29.6 Å². The molecule has 0 radical (unpaired) electrons. The molecular formula is C82H55Cl2F6N9Na2O9. The van der Waals surface area contributed by atoms with E-state index in [1.165, 1.54) is 30.4 Å². The van der Waals surface area contributed by atoms with E-state index in [9.17, 15) is 65.3 Å². The smallest absolute Gasteiger partial charge is 0.544 e. The van der Waals surface area contributed by atoms with Crippen LogP contribution in [0.5, 0.6) is 0 Å². The average Bonchev–Trinajstić information content (AvgIpc) is 1.63. The van der Waals surface area contributed by atoms with Gasteiger partial charge in [-0.2, -0.15) is 42.1 Å². The first-order valence-electron chi connectivity index (χ1n) is 32.2. The van der Waals surface area contributed by atoms with E-state index in [4.69, 9.17) is 44.1 Å². The quantitative estimate of drug-likeness (QED) is 0.0295. The minimum absolute atomic E-state index is 0. The summed E-state index contributed by atoms with van der Waals surface area (Å²) in [6.07, 6.45) is -0.596. The van der Waals surface area contributed by atoms with Gasteiger partial charge in [-0.1, -0.05) is 102 Å². The number of carbonyl (C=O) groups is 6. The minimum atomic E-state index is -4.63. The van der Waals surface area contributed by atoms with Gasteiger partial charge in [-0.3, -0.25) is 14.4 Å². The van der Waals surface area contributed by atoms with E-state index < -0.39 is 74.4 Å². The van der Waals surface area contributed by atoms with E-state index in [1.807, 2.05) is 113 Å². The minimum Gasteiger partial charge on any atom is -0.544 e. The number of anilines is 3. The number of hydrogen-bond acceptors (Lipinski definition) is 12. The van der Waals surface area contributed by atoms with E-state index in [0.717, 1.165) is 74.0 Å². The number of hydrogen-bond donors (Lipinski definition) is 3. The second-order valence-corrected chi connectivity index (χ2v) is 25.0. The van der Waals surface area contributed by atoms with Crippen LogP contribution in [0.4, 0.5) is 43.4 Å². The van der Waals surface area contributed by atoms with E-state index in [2.05, 4.69) is 10.6 Å². The number of amides is 2. The van der Waals surface area contributed by atoms with Gasteiger partial charge in [-0.05, 0) is 162 Å². The summed E-state index contributed by atoms with van der Waals surface area (Å²) in [5, 5.41) is 65.7. The number of ketones is 1. The van der Waals surface area contributed by atoms with Gasteiger partial charge >= 0.3 is 77.4 Å². The van der Waals surface area contributed by atoms with Gasteiger partial charge in [-0.15, -0.1) is 0 Å². The standard InChI is InChI=1S/C35H23ClF3N3O4.C27H17ClF3N3O3.C20H17N3O2.2Na/c36-31-14-7-22(17-30(31)35(37,38)39)16-28(43)15-21-5-8-23(9-6-21)33(44)41-26-10-12-27(13-11-26)42-20-25(18-24(19-40)34(45)46)29-3-1-2-4-32(29)42;28-23-10-5-16(11-22(23)27(29,30)31)12-25(35)33-19-6-8-20(9-7-19)34-15-18(13-17(14-32)26(36)37)21-3-1-2-4-24(21)34;1-22(2)16-7-9-17(10-8-16)23-13-15(11-14(12-21)20(24)25)18-5-3-4-6-19(18)23;;/h1-14,17-18,20H,15-16H2,(H,41,44)(H,45,46);1-11,13,15H,12H2,(H,33,35)(H,36,37);3-11,13H,1-2H3,(H,24,25);;/q;;;2*+1/p-2/b24-18+;17-13+;14-11+;;. The topological polar surface area (TPSA) is 282 Å². The van der Waals surface area contributed by atoms with Gasteiger partial charge in [0.25, 0.3) is 5.91 Å². The number of rotatable bonds is 19. The van der Waals surface area contributed by atoms with Crippen molar-refractivity contribution in [1.82, 2.24) is 13.7 Å². The number of aliphatic carboxylic acids is 3. The molecule has 0 saturated carbocycles. The van der Waals surface area contributed by atoms with E-state index >= 15 is 0 Å². The number of nitrogens with zero attached hydrogens (tertiary/aromatic N) is 7. The molecule has 9 aromatic carbocycles. The Kier molecular flexibility index (Phi) is 28.2. The maximum atomic E-state index is 13.1. The van der Waals surface area contributed by atoms with Crippen molar-refractivity contribution in [3.05, 3.63) is 302 Å². The Morgan fingerprint density at radius 3 is 1.18 bits per heavy atom. The molecule has 0 atom stereocenters. The van der Waals surface area contributed by atoms with Crippen LogP contribution in [0.1, 0.15) is 54.9 Å². The molecule has 0 bridgehead atoms. The van der Waals surface area contributed by atoms with Crippen LogP contribution in [0.2, 0.25) is 10.0 Å². The largest absolute Gasteiger partial charge is 1.00 e. The third-order valence-electron chi connectivity index (χ3n) is 16.7. The number of Topliss-reactive ketones (excluding diaryl/α,β-unsaturated/α-hetero) is 1. The van der Waals surface area contributed by atoms with Crippen molar-refractivity contribution in [2.24, 2.45) is 0 Å². The number of aromatic nitrogens is 3. The molecule has 0 aliphatic heterocycles. The van der Waals surface area contributed by atoms with Crippen LogP contribution in [-0.2, 0) is 55.6 Å². The van der Waals surface area contributed by atoms with Crippen molar-refractivity contribution in [3.63, 3.8) is 0 Å². The molecule has 3 heterocycles. The molecule has 2 amide bonds. The van der Waals surface area contributed by atoms with Crippen LogP contribution in [0.15, 0.2) is 242 Å². The number of para-hydroxylation sites is 3. The third kappa shape index (κ3) is 20.7. The number of fused-ring (bicyclic) bond motifs is 3. The van der Waals surface area contributed by atoms with E-state index in [0.29, 0.717) is 44.9 Å². The molecule has 110 heavy (non-hydrogen) atoms. The normalized spacial score (nSPS) is 11.4. The first kappa shape index (κ1) is 83.9. The number of nitrogens with one attached hydrogen (secondary N) is 2. The Labute approximate surface area is 678 Å². The molecule has 3 aromatic heterocycles. The Bertz CT molecular complexity index is 5740. The number of benzene rings is 9. The zero-order chi connectivity index (χ0) is 77.7. The van der Waals surface area contributed by atoms with Gasteiger partial charge in [0.1, 0.15) is 29.6 Å². The van der Waals surface area contributed by atoms with Gasteiger partial charge < -0.3 is 54.1 Å². The Morgan fingerprint density at radius 1 is 0.473 bits per heavy atom. The maximum absolute atomic E-state index is 13.1. The van der Waals surface area contributed by atoms with Crippen molar-refractivity contribution >= 4 is 127 Å².